The average Bonchev–Trinajstić information content (AvgIpc) is 2.67. The standard InChI is InChI=1S/C22H25NO3/c1-22(18-8-3-2-4-9-18)13-15-23(16-14-22)20(24)12-11-17-7-5-6-10-19(17)21(25)26/h2-10H,11-16H2,1H3,(H,25,26). The Hall–Kier alpha value is -2.62. The van der Waals surface area contributed by atoms with Gasteiger partial charge in [-0.2, -0.15) is 0 Å². The van der Waals surface area contributed by atoms with Crippen LogP contribution in [0.2, 0.25) is 0 Å². The molecule has 0 aromatic heterocycles. The molecule has 1 fully saturated rings. The van der Waals surface area contributed by atoms with Crippen LogP contribution in [0.3, 0.4) is 0 Å². The minimum absolute atomic E-state index is 0.111. The van der Waals surface area contributed by atoms with Crippen LogP contribution < -0.4 is 0 Å². The molecule has 0 unspecified atom stereocenters. The Morgan fingerprint density at radius 3 is 2.27 bits per heavy atom. The Labute approximate surface area is 154 Å². The van der Waals surface area contributed by atoms with Crippen molar-refractivity contribution in [1.82, 2.24) is 4.90 Å². The van der Waals surface area contributed by atoms with Crippen molar-refractivity contribution in [3.63, 3.8) is 0 Å². The van der Waals surface area contributed by atoms with E-state index in [1.807, 2.05) is 17.0 Å². The van der Waals surface area contributed by atoms with Crippen molar-refractivity contribution in [3.8, 4) is 0 Å². The number of rotatable bonds is 5. The first kappa shape index (κ1) is 18.2. The summed E-state index contributed by atoms with van der Waals surface area (Å²) in [6, 6.07) is 17.4. The zero-order valence-electron chi connectivity index (χ0n) is 15.1. The lowest BCUT2D eigenvalue weighted by molar-refractivity contribution is -0.132. The SMILES string of the molecule is CC1(c2ccccc2)CCN(C(=O)CCc2ccccc2C(=O)O)CC1. The van der Waals surface area contributed by atoms with E-state index in [0.717, 1.165) is 31.5 Å². The molecular formula is C22H25NO3. The van der Waals surface area contributed by atoms with Crippen molar-refractivity contribution in [3.05, 3.63) is 71.3 Å². The van der Waals surface area contributed by atoms with Gasteiger partial charge in [-0.25, -0.2) is 4.79 Å². The van der Waals surface area contributed by atoms with Crippen molar-refractivity contribution in [2.75, 3.05) is 13.1 Å². The topological polar surface area (TPSA) is 57.6 Å². The van der Waals surface area contributed by atoms with E-state index in [1.165, 1.54) is 5.56 Å². The van der Waals surface area contributed by atoms with E-state index in [4.69, 9.17) is 0 Å². The molecule has 1 saturated heterocycles. The van der Waals surface area contributed by atoms with Crippen LogP contribution in [-0.4, -0.2) is 35.0 Å². The highest BCUT2D eigenvalue weighted by Gasteiger charge is 2.33. The lowest BCUT2D eigenvalue weighted by Crippen LogP contribution is -2.44. The Kier molecular flexibility index (Phi) is 5.40. The normalized spacial score (nSPS) is 16.3. The van der Waals surface area contributed by atoms with Gasteiger partial charge in [0.25, 0.3) is 0 Å². The lowest BCUT2D eigenvalue weighted by atomic mass is 9.74. The molecule has 2 aromatic carbocycles. The van der Waals surface area contributed by atoms with E-state index < -0.39 is 5.97 Å². The summed E-state index contributed by atoms with van der Waals surface area (Å²) in [6.45, 7) is 3.78. The van der Waals surface area contributed by atoms with Gasteiger partial charge in [0, 0.05) is 19.5 Å². The zero-order chi connectivity index (χ0) is 18.6. The number of nitrogens with zero attached hydrogens (tertiary/aromatic N) is 1. The molecule has 0 radical (unpaired) electrons. The van der Waals surface area contributed by atoms with Crippen LogP contribution in [0.5, 0.6) is 0 Å². The molecule has 136 valence electrons. The number of hydrogen-bond acceptors (Lipinski definition) is 2. The fourth-order valence-corrected chi connectivity index (χ4v) is 3.73. The van der Waals surface area contributed by atoms with Gasteiger partial charge < -0.3 is 10.0 Å². The third-order valence-corrected chi connectivity index (χ3v) is 5.55. The zero-order valence-corrected chi connectivity index (χ0v) is 15.1. The van der Waals surface area contributed by atoms with Crippen LogP contribution in [-0.2, 0) is 16.6 Å². The first-order chi connectivity index (χ1) is 12.5. The molecule has 0 saturated carbocycles. The van der Waals surface area contributed by atoms with E-state index in [9.17, 15) is 14.7 Å². The average molecular weight is 351 g/mol. The number of carbonyl (C=O) groups excluding carboxylic acids is 1. The predicted octanol–water partition coefficient (Wildman–Crippen LogP) is 3.90. The highest BCUT2D eigenvalue weighted by atomic mass is 16.4. The monoisotopic (exact) mass is 351 g/mol. The molecule has 1 aliphatic heterocycles. The number of benzene rings is 2. The van der Waals surface area contributed by atoms with Crippen LogP contribution >= 0.6 is 0 Å². The van der Waals surface area contributed by atoms with Gasteiger partial charge in [-0.05, 0) is 41.9 Å². The van der Waals surface area contributed by atoms with Crippen molar-refractivity contribution in [1.29, 1.82) is 0 Å². The molecule has 1 heterocycles. The Morgan fingerprint density at radius 1 is 1.00 bits per heavy atom. The van der Waals surface area contributed by atoms with Gasteiger partial charge in [0.1, 0.15) is 0 Å². The van der Waals surface area contributed by atoms with Gasteiger partial charge in [0.15, 0.2) is 0 Å². The maximum Gasteiger partial charge on any atom is 0.335 e. The molecule has 2 aromatic rings. The van der Waals surface area contributed by atoms with Gasteiger partial charge in [-0.1, -0.05) is 55.5 Å². The summed E-state index contributed by atoms with van der Waals surface area (Å²) in [7, 11) is 0. The summed E-state index contributed by atoms with van der Waals surface area (Å²) in [6.07, 6.45) is 2.73. The minimum Gasteiger partial charge on any atom is -0.478 e. The largest absolute Gasteiger partial charge is 0.478 e. The van der Waals surface area contributed by atoms with E-state index in [0.29, 0.717) is 12.8 Å². The van der Waals surface area contributed by atoms with Gasteiger partial charge in [0.2, 0.25) is 5.91 Å². The highest BCUT2D eigenvalue weighted by molar-refractivity contribution is 5.89. The summed E-state index contributed by atoms with van der Waals surface area (Å²) >= 11 is 0. The van der Waals surface area contributed by atoms with E-state index >= 15 is 0 Å². The quantitative estimate of drug-likeness (QED) is 0.889. The molecule has 3 rings (SSSR count). The molecule has 4 nitrogen and oxygen atoms in total. The molecule has 0 atom stereocenters. The summed E-state index contributed by atoms with van der Waals surface area (Å²) in [5.74, 6) is -0.829. The number of likely N-dealkylation sites (tertiary alicyclic amines) is 1. The molecule has 1 amide bonds. The number of piperidine rings is 1. The van der Waals surface area contributed by atoms with Gasteiger partial charge in [-0.3, -0.25) is 4.79 Å². The molecule has 1 N–H and O–H groups in total. The summed E-state index contributed by atoms with van der Waals surface area (Å²) < 4.78 is 0. The number of carboxylic acids is 1. The van der Waals surface area contributed by atoms with Crippen molar-refractivity contribution >= 4 is 11.9 Å². The van der Waals surface area contributed by atoms with Crippen LogP contribution in [0.1, 0.15) is 47.7 Å². The van der Waals surface area contributed by atoms with E-state index in [-0.39, 0.29) is 16.9 Å². The Morgan fingerprint density at radius 2 is 1.62 bits per heavy atom. The second-order valence-corrected chi connectivity index (χ2v) is 7.27. The van der Waals surface area contributed by atoms with Crippen LogP contribution in [0.15, 0.2) is 54.6 Å². The summed E-state index contributed by atoms with van der Waals surface area (Å²) in [5, 5.41) is 9.25. The second kappa shape index (κ2) is 7.73. The fourth-order valence-electron chi connectivity index (χ4n) is 3.73. The number of carbonyl (C=O) groups is 2. The summed E-state index contributed by atoms with van der Waals surface area (Å²) in [4.78, 5) is 25.8. The van der Waals surface area contributed by atoms with Crippen LogP contribution in [0.4, 0.5) is 0 Å². The molecule has 0 bridgehead atoms. The molecule has 4 heteroatoms. The lowest BCUT2D eigenvalue weighted by Gasteiger charge is -2.40. The Bertz CT molecular complexity index is 777. The number of aromatic carboxylic acids is 1. The molecule has 0 aliphatic carbocycles. The van der Waals surface area contributed by atoms with Gasteiger partial charge in [0.05, 0.1) is 5.56 Å². The summed E-state index contributed by atoms with van der Waals surface area (Å²) in [5.41, 5.74) is 2.46. The molecule has 1 aliphatic rings. The molecular weight excluding hydrogens is 326 g/mol. The van der Waals surface area contributed by atoms with Crippen LogP contribution in [0, 0.1) is 0 Å². The maximum absolute atomic E-state index is 12.6. The fraction of sp³-hybridized carbons (Fsp3) is 0.364. The Balaban J connectivity index is 1.57. The number of amides is 1. The first-order valence-corrected chi connectivity index (χ1v) is 9.14. The number of hydrogen-bond donors (Lipinski definition) is 1. The van der Waals surface area contributed by atoms with Crippen LogP contribution in [0.25, 0.3) is 0 Å². The smallest absolute Gasteiger partial charge is 0.335 e. The van der Waals surface area contributed by atoms with Gasteiger partial charge in [-0.15, -0.1) is 0 Å². The van der Waals surface area contributed by atoms with Crippen molar-refractivity contribution < 1.29 is 14.7 Å². The highest BCUT2D eigenvalue weighted by Crippen LogP contribution is 2.35. The van der Waals surface area contributed by atoms with Crippen molar-refractivity contribution in [2.45, 2.75) is 38.0 Å². The minimum atomic E-state index is -0.940. The van der Waals surface area contributed by atoms with E-state index in [2.05, 4.69) is 31.2 Å². The third kappa shape index (κ3) is 3.96. The van der Waals surface area contributed by atoms with Crippen molar-refractivity contribution in [2.24, 2.45) is 0 Å². The third-order valence-electron chi connectivity index (χ3n) is 5.55. The predicted molar refractivity (Wildman–Crippen MR) is 101 cm³/mol. The molecule has 26 heavy (non-hydrogen) atoms. The van der Waals surface area contributed by atoms with E-state index in [1.54, 1.807) is 18.2 Å². The maximum atomic E-state index is 12.6. The number of aryl methyl sites for hydroxylation is 1. The second-order valence-electron chi connectivity index (χ2n) is 7.27. The first-order valence-electron chi connectivity index (χ1n) is 9.14. The number of carboxylic acid groups (broad SMARTS) is 1. The molecule has 0 spiro atoms. The van der Waals surface area contributed by atoms with Gasteiger partial charge >= 0.3 is 5.97 Å².